The molecule has 0 saturated heterocycles. The standard InChI is InChI=1S/C17H13Cl2NO2/c18-15-9-14(10-16(19)11-15)7-4-8-20-17(21)22-12-13-5-2-1-3-6-13/h1-3,5-6,9-11H,8,12H2,(H,20,21). The summed E-state index contributed by atoms with van der Waals surface area (Å²) in [6.07, 6.45) is -0.512. The van der Waals surface area contributed by atoms with Crippen molar-refractivity contribution in [2.24, 2.45) is 0 Å². The highest BCUT2D eigenvalue weighted by atomic mass is 35.5. The smallest absolute Gasteiger partial charge is 0.408 e. The van der Waals surface area contributed by atoms with Crippen LogP contribution in [0, 0.1) is 11.8 Å². The van der Waals surface area contributed by atoms with Crippen LogP contribution in [-0.2, 0) is 11.3 Å². The van der Waals surface area contributed by atoms with Gasteiger partial charge < -0.3 is 10.1 Å². The van der Waals surface area contributed by atoms with Gasteiger partial charge in [-0.1, -0.05) is 65.4 Å². The van der Waals surface area contributed by atoms with E-state index in [1.807, 2.05) is 30.3 Å². The van der Waals surface area contributed by atoms with Crippen molar-refractivity contribution in [3.8, 4) is 11.8 Å². The number of amides is 1. The van der Waals surface area contributed by atoms with Crippen LogP contribution in [0.15, 0.2) is 48.5 Å². The number of nitrogens with one attached hydrogen (secondary N) is 1. The third-order valence-corrected chi connectivity index (χ3v) is 3.07. The largest absolute Gasteiger partial charge is 0.445 e. The van der Waals surface area contributed by atoms with Gasteiger partial charge in [0.15, 0.2) is 0 Å². The minimum atomic E-state index is -0.512. The Balaban J connectivity index is 1.76. The Morgan fingerprint density at radius 2 is 1.77 bits per heavy atom. The molecule has 0 radical (unpaired) electrons. The Kier molecular flexibility index (Phi) is 6.14. The average Bonchev–Trinajstić information content (AvgIpc) is 2.50. The third kappa shape index (κ3) is 5.69. The van der Waals surface area contributed by atoms with Gasteiger partial charge >= 0.3 is 6.09 Å². The van der Waals surface area contributed by atoms with E-state index in [0.717, 1.165) is 5.56 Å². The molecule has 1 amide bonds. The van der Waals surface area contributed by atoms with E-state index in [2.05, 4.69) is 17.2 Å². The number of halogens is 2. The van der Waals surface area contributed by atoms with Gasteiger partial charge in [0, 0.05) is 15.6 Å². The molecule has 0 aliphatic carbocycles. The molecule has 0 saturated carbocycles. The van der Waals surface area contributed by atoms with Crippen LogP contribution in [0.5, 0.6) is 0 Å². The number of hydrogen-bond donors (Lipinski definition) is 1. The molecule has 2 aromatic carbocycles. The molecule has 0 aliphatic rings. The van der Waals surface area contributed by atoms with Crippen LogP contribution in [0.3, 0.4) is 0 Å². The first-order valence-corrected chi connectivity index (χ1v) is 7.28. The molecular weight excluding hydrogens is 321 g/mol. The minimum Gasteiger partial charge on any atom is -0.445 e. The van der Waals surface area contributed by atoms with E-state index in [9.17, 15) is 4.79 Å². The summed E-state index contributed by atoms with van der Waals surface area (Å²) in [5.41, 5.74) is 1.62. The van der Waals surface area contributed by atoms with Crippen molar-refractivity contribution in [3.05, 3.63) is 69.7 Å². The molecule has 0 unspecified atom stereocenters. The van der Waals surface area contributed by atoms with Crippen LogP contribution in [0.1, 0.15) is 11.1 Å². The van der Waals surface area contributed by atoms with Gasteiger partial charge in [-0.2, -0.15) is 0 Å². The topological polar surface area (TPSA) is 38.3 Å². The van der Waals surface area contributed by atoms with Crippen LogP contribution in [0.2, 0.25) is 10.0 Å². The summed E-state index contributed by atoms with van der Waals surface area (Å²) in [5, 5.41) is 3.59. The van der Waals surface area contributed by atoms with Crippen molar-refractivity contribution in [1.29, 1.82) is 0 Å². The molecule has 0 bridgehead atoms. The molecule has 0 aromatic heterocycles. The molecule has 0 atom stereocenters. The zero-order chi connectivity index (χ0) is 15.8. The highest BCUT2D eigenvalue weighted by Gasteiger charge is 2.00. The predicted molar refractivity (Wildman–Crippen MR) is 88.0 cm³/mol. The molecule has 0 heterocycles. The van der Waals surface area contributed by atoms with E-state index < -0.39 is 6.09 Å². The number of carbonyl (C=O) groups excluding carboxylic acids is 1. The lowest BCUT2D eigenvalue weighted by Gasteiger charge is -2.04. The van der Waals surface area contributed by atoms with E-state index in [-0.39, 0.29) is 13.2 Å². The van der Waals surface area contributed by atoms with Crippen molar-refractivity contribution in [2.75, 3.05) is 6.54 Å². The molecule has 0 fully saturated rings. The van der Waals surface area contributed by atoms with Gasteiger partial charge in [-0.05, 0) is 23.8 Å². The molecule has 1 N–H and O–H groups in total. The quantitative estimate of drug-likeness (QED) is 0.851. The summed E-state index contributed by atoms with van der Waals surface area (Å²) in [5.74, 6) is 5.67. The molecule has 112 valence electrons. The maximum atomic E-state index is 11.5. The molecule has 0 spiro atoms. The number of ether oxygens (including phenoxy) is 1. The summed E-state index contributed by atoms with van der Waals surface area (Å²) in [6.45, 7) is 0.405. The second-order valence-corrected chi connectivity index (χ2v) is 5.25. The van der Waals surface area contributed by atoms with Gasteiger partial charge in [0.25, 0.3) is 0 Å². The van der Waals surface area contributed by atoms with Crippen LogP contribution >= 0.6 is 23.2 Å². The molecular formula is C17H13Cl2NO2. The Morgan fingerprint density at radius 3 is 2.45 bits per heavy atom. The fourth-order valence-corrected chi connectivity index (χ4v) is 2.19. The fourth-order valence-electron chi connectivity index (χ4n) is 1.66. The van der Waals surface area contributed by atoms with Gasteiger partial charge in [0.2, 0.25) is 0 Å². The zero-order valence-electron chi connectivity index (χ0n) is 11.6. The molecule has 2 aromatic rings. The van der Waals surface area contributed by atoms with E-state index >= 15 is 0 Å². The Morgan fingerprint density at radius 1 is 1.09 bits per heavy atom. The zero-order valence-corrected chi connectivity index (χ0v) is 13.1. The SMILES string of the molecule is O=C(NCC#Cc1cc(Cl)cc(Cl)c1)OCc1ccccc1. The highest BCUT2D eigenvalue weighted by molar-refractivity contribution is 6.34. The van der Waals surface area contributed by atoms with Crippen molar-refractivity contribution >= 4 is 29.3 Å². The normalized spacial score (nSPS) is 9.55. The second-order valence-electron chi connectivity index (χ2n) is 4.38. The summed E-state index contributed by atoms with van der Waals surface area (Å²) in [4.78, 5) is 11.5. The maximum absolute atomic E-state index is 11.5. The average molecular weight is 334 g/mol. The molecule has 2 rings (SSSR count). The first kappa shape index (κ1) is 16.2. The van der Waals surface area contributed by atoms with Crippen LogP contribution in [0.4, 0.5) is 4.79 Å². The van der Waals surface area contributed by atoms with Gasteiger partial charge in [-0.3, -0.25) is 0 Å². The monoisotopic (exact) mass is 333 g/mol. The first-order valence-electron chi connectivity index (χ1n) is 6.53. The lowest BCUT2D eigenvalue weighted by atomic mass is 10.2. The fraction of sp³-hybridized carbons (Fsp3) is 0.118. The van der Waals surface area contributed by atoms with Gasteiger partial charge in [0.1, 0.15) is 6.61 Å². The number of benzene rings is 2. The Hall–Kier alpha value is -2.15. The Labute approximate surface area is 139 Å². The molecule has 0 aliphatic heterocycles. The molecule has 3 nitrogen and oxygen atoms in total. The summed E-state index contributed by atoms with van der Waals surface area (Å²) < 4.78 is 5.06. The number of carbonyl (C=O) groups is 1. The second kappa shape index (κ2) is 8.33. The summed E-state index contributed by atoms with van der Waals surface area (Å²) in [6, 6.07) is 14.5. The van der Waals surface area contributed by atoms with Crippen molar-refractivity contribution < 1.29 is 9.53 Å². The van der Waals surface area contributed by atoms with E-state index in [4.69, 9.17) is 27.9 Å². The highest BCUT2D eigenvalue weighted by Crippen LogP contribution is 2.18. The van der Waals surface area contributed by atoms with Crippen molar-refractivity contribution in [1.82, 2.24) is 5.32 Å². The Bertz CT molecular complexity index is 685. The van der Waals surface area contributed by atoms with Crippen LogP contribution in [0.25, 0.3) is 0 Å². The van der Waals surface area contributed by atoms with E-state index in [1.54, 1.807) is 18.2 Å². The van der Waals surface area contributed by atoms with Gasteiger partial charge in [-0.25, -0.2) is 4.79 Å². The predicted octanol–water partition coefficient (Wildman–Crippen LogP) is 4.27. The van der Waals surface area contributed by atoms with Crippen LogP contribution < -0.4 is 5.32 Å². The number of alkyl carbamates (subject to hydrolysis) is 1. The lowest BCUT2D eigenvalue weighted by molar-refractivity contribution is 0.141. The number of rotatable bonds is 3. The molecule has 22 heavy (non-hydrogen) atoms. The third-order valence-electron chi connectivity index (χ3n) is 2.63. The van der Waals surface area contributed by atoms with E-state index in [0.29, 0.717) is 15.6 Å². The minimum absolute atomic E-state index is 0.178. The maximum Gasteiger partial charge on any atom is 0.408 e. The molecule has 5 heteroatoms. The summed E-state index contributed by atoms with van der Waals surface area (Å²) in [7, 11) is 0. The van der Waals surface area contributed by atoms with E-state index in [1.165, 1.54) is 0 Å². The summed E-state index contributed by atoms with van der Waals surface area (Å²) >= 11 is 11.7. The van der Waals surface area contributed by atoms with Crippen molar-refractivity contribution in [3.63, 3.8) is 0 Å². The number of hydrogen-bond acceptors (Lipinski definition) is 2. The van der Waals surface area contributed by atoms with Gasteiger partial charge in [0.05, 0.1) is 6.54 Å². The van der Waals surface area contributed by atoms with Crippen LogP contribution in [-0.4, -0.2) is 12.6 Å². The first-order chi connectivity index (χ1) is 10.6. The van der Waals surface area contributed by atoms with Gasteiger partial charge in [-0.15, -0.1) is 0 Å². The lowest BCUT2D eigenvalue weighted by Crippen LogP contribution is -2.24. The van der Waals surface area contributed by atoms with Crippen molar-refractivity contribution in [2.45, 2.75) is 6.61 Å².